The fourth-order valence-electron chi connectivity index (χ4n) is 3.53. The summed E-state index contributed by atoms with van der Waals surface area (Å²) in [6.45, 7) is 5.96. The van der Waals surface area contributed by atoms with Crippen molar-refractivity contribution in [3.05, 3.63) is 65.7 Å². The smallest absolute Gasteiger partial charge is 0.255 e. The van der Waals surface area contributed by atoms with E-state index in [-0.39, 0.29) is 11.8 Å². The van der Waals surface area contributed by atoms with E-state index in [9.17, 15) is 9.59 Å². The number of amides is 2. The monoisotopic (exact) mass is 336 g/mol. The van der Waals surface area contributed by atoms with E-state index in [1.165, 1.54) is 0 Å². The number of piperidine rings is 1. The van der Waals surface area contributed by atoms with E-state index in [1.807, 2.05) is 35.2 Å². The maximum atomic E-state index is 12.8. The van der Waals surface area contributed by atoms with Crippen LogP contribution < -0.4 is 5.32 Å². The van der Waals surface area contributed by atoms with Gasteiger partial charge in [-0.05, 0) is 48.6 Å². The summed E-state index contributed by atoms with van der Waals surface area (Å²) in [7, 11) is 0. The zero-order chi connectivity index (χ0) is 17.8. The molecule has 4 heteroatoms. The van der Waals surface area contributed by atoms with Gasteiger partial charge in [-0.3, -0.25) is 9.59 Å². The van der Waals surface area contributed by atoms with Gasteiger partial charge in [0.05, 0.1) is 0 Å². The molecule has 130 valence electrons. The Balaban J connectivity index is 1.73. The molecule has 2 amide bonds. The Morgan fingerprint density at radius 1 is 0.920 bits per heavy atom. The van der Waals surface area contributed by atoms with Gasteiger partial charge in [0.25, 0.3) is 11.8 Å². The largest absolute Gasteiger partial charge is 0.338 e. The number of anilines is 1. The number of likely N-dealkylation sites (tertiary alicyclic amines) is 1. The maximum absolute atomic E-state index is 12.8. The number of benzene rings is 2. The first kappa shape index (κ1) is 17.2. The third-order valence-corrected chi connectivity index (χ3v) is 4.56. The van der Waals surface area contributed by atoms with Crippen LogP contribution in [0.4, 0.5) is 5.69 Å². The van der Waals surface area contributed by atoms with Gasteiger partial charge in [-0.25, -0.2) is 0 Å². The van der Waals surface area contributed by atoms with Crippen molar-refractivity contribution in [1.82, 2.24) is 4.90 Å². The molecule has 0 spiro atoms. The Morgan fingerprint density at radius 3 is 2.24 bits per heavy atom. The zero-order valence-corrected chi connectivity index (χ0v) is 14.7. The summed E-state index contributed by atoms with van der Waals surface area (Å²) >= 11 is 0. The van der Waals surface area contributed by atoms with E-state index in [4.69, 9.17) is 0 Å². The van der Waals surface area contributed by atoms with Crippen LogP contribution in [0.25, 0.3) is 0 Å². The van der Waals surface area contributed by atoms with Crippen molar-refractivity contribution >= 4 is 17.5 Å². The second-order valence-corrected chi connectivity index (χ2v) is 7.06. The topological polar surface area (TPSA) is 49.4 Å². The van der Waals surface area contributed by atoms with Gasteiger partial charge in [0, 0.05) is 29.9 Å². The lowest BCUT2D eigenvalue weighted by Crippen LogP contribution is -2.42. The van der Waals surface area contributed by atoms with E-state index >= 15 is 0 Å². The molecule has 0 saturated carbocycles. The van der Waals surface area contributed by atoms with Gasteiger partial charge in [-0.2, -0.15) is 0 Å². The molecule has 25 heavy (non-hydrogen) atoms. The van der Waals surface area contributed by atoms with Gasteiger partial charge in [-0.1, -0.05) is 38.1 Å². The first-order valence-corrected chi connectivity index (χ1v) is 8.78. The minimum absolute atomic E-state index is 0.0363. The fraction of sp³-hybridized carbons (Fsp3) is 0.333. The molecule has 1 aliphatic rings. The van der Waals surface area contributed by atoms with Gasteiger partial charge < -0.3 is 10.2 Å². The molecule has 4 nitrogen and oxygen atoms in total. The molecule has 1 fully saturated rings. The molecule has 1 saturated heterocycles. The van der Waals surface area contributed by atoms with Crippen molar-refractivity contribution in [3.63, 3.8) is 0 Å². The van der Waals surface area contributed by atoms with Crippen LogP contribution in [0.3, 0.4) is 0 Å². The highest BCUT2D eigenvalue weighted by Gasteiger charge is 2.26. The highest BCUT2D eigenvalue weighted by Crippen LogP contribution is 2.23. The van der Waals surface area contributed by atoms with Crippen LogP contribution in [0.15, 0.2) is 54.6 Å². The van der Waals surface area contributed by atoms with E-state index < -0.39 is 0 Å². The summed E-state index contributed by atoms with van der Waals surface area (Å²) in [6.07, 6.45) is 1.16. The molecule has 1 heterocycles. The lowest BCUT2D eigenvalue weighted by molar-refractivity contribution is 0.0623. The first-order valence-electron chi connectivity index (χ1n) is 8.78. The van der Waals surface area contributed by atoms with Crippen LogP contribution in [0, 0.1) is 11.8 Å². The van der Waals surface area contributed by atoms with Crippen LogP contribution in [-0.2, 0) is 0 Å². The molecule has 1 N–H and O–H groups in total. The van der Waals surface area contributed by atoms with Gasteiger partial charge in [0.2, 0.25) is 0 Å². The molecule has 0 bridgehead atoms. The second kappa shape index (κ2) is 7.51. The van der Waals surface area contributed by atoms with Crippen LogP contribution in [-0.4, -0.2) is 29.8 Å². The summed E-state index contributed by atoms with van der Waals surface area (Å²) in [4.78, 5) is 27.0. The second-order valence-electron chi connectivity index (χ2n) is 7.06. The molecule has 1 aliphatic heterocycles. The molecule has 0 aromatic heterocycles. The molecular weight excluding hydrogens is 312 g/mol. The SMILES string of the molecule is CC1CC(C)CN(C(=O)c2cccc(NC(=O)c3ccccc3)c2)C1. The molecule has 0 aliphatic carbocycles. The number of nitrogens with one attached hydrogen (secondary N) is 1. The lowest BCUT2D eigenvalue weighted by atomic mass is 9.91. The molecule has 2 unspecified atom stereocenters. The summed E-state index contributed by atoms with van der Waals surface area (Å²) in [6, 6.07) is 16.2. The van der Waals surface area contributed by atoms with E-state index in [1.54, 1.807) is 24.3 Å². The average Bonchev–Trinajstić information content (AvgIpc) is 2.61. The Labute approximate surface area is 148 Å². The molecule has 2 aromatic rings. The van der Waals surface area contributed by atoms with Crippen molar-refractivity contribution in [3.8, 4) is 0 Å². The van der Waals surface area contributed by atoms with Crippen LogP contribution >= 0.6 is 0 Å². The molecular formula is C21H24N2O2. The summed E-state index contributed by atoms with van der Waals surface area (Å²) in [5.41, 5.74) is 1.85. The lowest BCUT2D eigenvalue weighted by Gasteiger charge is -2.35. The number of rotatable bonds is 3. The normalized spacial score (nSPS) is 20.2. The summed E-state index contributed by atoms with van der Waals surface area (Å²) in [5, 5.41) is 2.86. The van der Waals surface area contributed by atoms with Crippen molar-refractivity contribution in [2.45, 2.75) is 20.3 Å². The Bertz CT molecular complexity index is 748. The summed E-state index contributed by atoms with van der Waals surface area (Å²) in [5.74, 6) is 0.905. The van der Waals surface area contributed by atoms with Gasteiger partial charge >= 0.3 is 0 Å². The van der Waals surface area contributed by atoms with Crippen molar-refractivity contribution in [2.75, 3.05) is 18.4 Å². The van der Waals surface area contributed by atoms with Crippen molar-refractivity contribution in [2.24, 2.45) is 11.8 Å². The van der Waals surface area contributed by atoms with Gasteiger partial charge in [0.15, 0.2) is 0 Å². The van der Waals surface area contributed by atoms with Crippen molar-refractivity contribution < 1.29 is 9.59 Å². The van der Waals surface area contributed by atoms with E-state index in [0.717, 1.165) is 19.5 Å². The highest BCUT2D eigenvalue weighted by molar-refractivity contribution is 6.05. The third kappa shape index (κ3) is 4.27. The number of carbonyl (C=O) groups excluding carboxylic acids is 2. The quantitative estimate of drug-likeness (QED) is 0.919. The highest BCUT2D eigenvalue weighted by atomic mass is 16.2. The van der Waals surface area contributed by atoms with Crippen LogP contribution in [0.2, 0.25) is 0 Å². The van der Waals surface area contributed by atoms with Gasteiger partial charge in [0.1, 0.15) is 0 Å². The number of nitrogens with zero attached hydrogens (tertiary/aromatic N) is 1. The van der Waals surface area contributed by atoms with Crippen molar-refractivity contribution in [1.29, 1.82) is 0 Å². The van der Waals surface area contributed by atoms with Crippen LogP contribution in [0.5, 0.6) is 0 Å². The minimum atomic E-state index is -0.176. The average molecular weight is 336 g/mol. The predicted molar refractivity (Wildman–Crippen MR) is 99.7 cm³/mol. The fourth-order valence-corrected chi connectivity index (χ4v) is 3.53. The van der Waals surface area contributed by atoms with E-state index in [2.05, 4.69) is 19.2 Å². The van der Waals surface area contributed by atoms with E-state index in [0.29, 0.717) is 28.7 Å². The Hall–Kier alpha value is -2.62. The first-order chi connectivity index (χ1) is 12.0. The third-order valence-electron chi connectivity index (χ3n) is 4.56. The summed E-state index contributed by atoms with van der Waals surface area (Å²) < 4.78 is 0. The number of carbonyl (C=O) groups is 2. The number of hydrogen-bond acceptors (Lipinski definition) is 2. The zero-order valence-electron chi connectivity index (χ0n) is 14.7. The molecule has 2 aromatic carbocycles. The van der Waals surface area contributed by atoms with Crippen LogP contribution in [0.1, 0.15) is 41.0 Å². The Morgan fingerprint density at radius 2 is 1.56 bits per heavy atom. The Kier molecular flexibility index (Phi) is 5.17. The minimum Gasteiger partial charge on any atom is -0.338 e. The molecule has 2 atom stereocenters. The predicted octanol–water partition coefficient (Wildman–Crippen LogP) is 4.06. The van der Waals surface area contributed by atoms with Gasteiger partial charge in [-0.15, -0.1) is 0 Å². The number of hydrogen-bond donors (Lipinski definition) is 1. The standard InChI is InChI=1S/C21H24N2O2/c1-15-11-16(2)14-23(13-15)21(25)18-9-6-10-19(12-18)22-20(24)17-7-4-3-5-8-17/h3-10,12,15-16H,11,13-14H2,1-2H3,(H,22,24). The molecule has 3 rings (SSSR count). The molecule has 0 radical (unpaired) electrons. The maximum Gasteiger partial charge on any atom is 0.255 e.